The summed E-state index contributed by atoms with van der Waals surface area (Å²) in [5.41, 5.74) is 5.85. The number of esters is 1. The van der Waals surface area contributed by atoms with Gasteiger partial charge in [0.25, 0.3) is 5.91 Å². The van der Waals surface area contributed by atoms with Crippen LogP contribution in [-0.2, 0) is 17.6 Å². The minimum atomic E-state index is -0.412. The molecule has 0 fully saturated rings. The second-order valence-corrected chi connectivity index (χ2v) is 7.42. The molecule has 4 rings (SSSR count). The Morgan fingerprint density at radius 1 is 1.03 bits per heavy atom. The first-order chi connectivity index (χ1) is 15.0. The van der Waals surface area contributed by atoms with E-state index in [1.807, 2.05) is 48.7 Å². The first kappa shape index (κ1) is 20.3. The van der Waals surface area contributed by atoms with Gasteiger partial charge in [-0.3, -0.25) is 4.79 Å². The van der Waals surface area contributed by atoms with Crippen LogP contribution in [0.15, 0.2) is 66.9 Å². The fourth-order valence-corrected chi connectivity index (χ4v) is 3.51. The Labute approximate surface area is 180 Å². The van der Waals surface area contributed by atoms with Crippen LogP contribution >= 0.6 is 0 Å². The third-order valence-corrected chi connectivity index (χ3v) is 5.26. The molecule has 2 aromatic heterocycles. The van der Waals surface area contributed by atoms with Crippen molar-refractivity contribution in [2.45, 2.75) is 19.8 Å². The zero-order valence-corrected chi connectivity index (χ0v) is 17.4. The molecular weight excluding hydrogens is 390 g/mol. The molecule has 156 valence electrons. The zero-order valence-electron chi connectivity index (χ0n) is 17.4. The number of H-pyrrole nitrogens is 1. The van der Waals surface area contributed by atoms with Crippen molar-refractivity contribution >= 4 is 28.6 Å². The summed E-state index contributed by atoms with van der Waals surface area (Å²) < 4.78 is 4.75. The molecule has 2 heterocycles. The summed E-state index contributed by atoms with van der Waals surface area (Å²) in [5.74, 6) is -0.538. The quantitative estimate of drug-likeness (QED) is 0.449. The average molecular weight is 413 g/mol. The fraction of sp³-hybridized carbons (Fsp3) is 0.160. The molecule has 0 spiro atoms. The Balaban J connectivity index is 1.47. The lowest BCUT2D eigenvalue weighted by atomic mass is 10.00. The maximum atomic E-state index is 12.4. The van der Waals surface area contributed by atoms with Crippen molar-refractivity contribution in [3.05, 3.63) is 94.8 Å². The highest BCUT2D eigenvalue weighted by Gasteiger charge is 2.11. The number of anilines is 1. The van der Waals surface area contributed by atoms with Gasteiger partial charge in [-0.15, -0.1) is 0 Å². The number of nitrogens with zero attached hydrogens (tertiary/aromatic N) is 1. The summed E-state index contributed by atoms with van der Waals surface area (Å²) in [4.78, 5) is 31.5. The van der Waals surface area contributed by atoms with Crippen molar-refractivity contribution in [3.63, 3.8) is 0 Å². The smallest absolute Gasteiger partial charge is 0.354 e. The number of carbonyl (C=O) groups excluding carboxylic acids is 2. The van der Waals surface area contributed by atoms with Crippen molar-refractivity contribution in [2.24, 2.45) is 0 Å². The number of pyridine rings is 1. The van der Waals surface area contributed by atoms with E-state index in [9.17, 15) is 9.59 Å². The lowest BCUT2D eigenvalue weighted by Crippen LogP contribution is -2.12. The van der Waals surface area contributed by atoms with Gasteiger partial charge in [0.2, 0.25) is 0 Å². The number of amides is 1. The van der Waals surface area contributed by atoms with Gasteiger partial charge in [0.15, 0.2) is 0 Å². The van der Waals surface area contributed by atoms with Crippen LogP contribution in [0.5, 0.6) is 0 Å². The number of nitrogens with one attached hydrogen (secondary N) is 2. The molecule has 0 aliphatic carbocycles. The minimum Gasteiger partial charge on any atom is -0.464 e. The number of ether oxygens (including phenoxy) is 1. The van der Waals surface area contributed by atoms with Crippen LogP contribution in [0, 0.1) is 6.92 Å². The van der Waals surface area contributed by atoms with Gasteiger partial charge in [-0.2, -0.15) is 0 Å². The molecule has 0 aliphatic rings. The molecule has 4 aromatic rings. The molecule has 0 aliphatic heterocycles. The monoisotopic (exact) mass is 413 g/mol. The molecule has 1 amide bonds. The van der Waals surface area contributed by atoms with Crippen LogP contribution in [0.3, 0.4) is 0 Å². The van der Waals surface area contributed by atoms with E-state index in [1.165, 1.54) is 12.7 Å². The van der Waals surface area contributed by atoms with E-state index in [0.29, 0.717) is 16.9 Å². The molecule has 0 unspecified atom stereocenters. The van der Waals surface area contributed by atoms with Gasteiger partial charge in [0.05, 0.1) is 7.11 Å². The normalized spacial score (nSPS) is 10.8. The molecule has 0 atom stereocenters. The molecule has 0 saturated carbocycles. The summed E-state index contributed by atoms with van der Waals surface area (Å²) in [5, 5.41) is 3.84. The second-order valence-electron chi connectivity index (χ2n) is 7.42. The Morgan fingerprint density at radius 3 is 2.61 bits per heavy atom. The predicted octanol–water partition coefficient (Wildman–Crippen LogP) is 4.70. The van der Waals surface area contributed by atoms with Crippen molar-refractivity contribution in [2.75, 3.05) is 12.4 Å². The van der Waals surface area contributed by atoms with Gasteiger partial charge < -0.3 is 15.0 Å². The Morgan fingerprint density at radius 2 is 1.84 bits per heavy atom. The van der Waals surface area contributed by atoms with Crippen molar-refractivity contribution in [1.82, 2.24) is 9.97 Å². The largest absolute Gasteiger partial charge is 0.464 e. The van der Waals surface area contributed by atoms with Gasteiger partial charge in [0, 0.05) is 22.8 Å². The maximum absolute atomic E-state index is 12.4. The predicted molar refractivity (Wildman–Crippen MR) is 120 cm³/mol. The number of methoxy groups -OCH3 is 1. The highest BCUT2D eigenvalue weighted by atomic mass is 16.5. The Kier molecular flexibility index (Phi) is 5.80. The number of carbonyl (C=O) groups is 2. The second kappa shape index (κ2) is 8.83. The van der Waals surface area contributed by atoms with E-state index in [2.05, 4.69) is 22.2 Å². The first-order valence-corrected chi connectivity index (χ1v) is 10.1. The van der Waals surface area contributed by atoms with E-state index in [-0.39, 0.29) is 5.91 Å². The average Bonchev–Trinajstić information content (AvgIpc) is 3.23. The lowest BCUT2D eigenvalue weighted by Gasteiger charge is -2.11. The number of aryl methyl sites for hydroxylation is 3. The fourth-order valence-electron chi connectivity index (χ4n) is 3.51. The number of fused-ring (bicyclic) bond motifs is 1. The van der Waals surface area contributed by atoms with Crippen molar-refractivity contribution in [3.8, 4) is 0 Å². The number of benzene rings is 2. The Hall–Kier alpha value is -3.93. The first-order valence-electron chi connectivity index (χ1n) is 10.1. The number of aromatic nitrogens is 2. The van der Waals surface area contributed by atoms with Crippen LogP contribution in [-0.4, -0.2) is 29.0 Å². The number of aromatic amines is 1. The molecule has 0 radical (unpaired) electrons. The Bertz CT molecular complexity index is 1250. The SMILES string of the molecule is COC(=O)c1cc2cc(CCc3cc(NC(=O)c4ccccc4)ccc3C)cnc2[nH]1. The summed E-state index contributed by atoms with van der Waals surface area (Å²) in [6, 6.07) is 18.9. The van der Waals surface area contributed by atoms with E-state index < -0.39 is 5.97 Å². The van der Waals surface area contributed by atoms with E-state index in [4.69, 9.17) is 4.74 Å². The van der Waals surface area contributed by atoms with Gasteiger partial charge in [-0.25, -0.2) is 9.78 Å². The molecule has 0 bridgehead atoms. The highest BCUT2D eigenvalue weighted by molar-refractivity contribution is 6.04. The maximum Gasteiger partial charge on any atom is 0.354 e. The summed E-state index contributed by atoms with van der Waals surface area (Å²) in [6.07, 6.45) is 3.41. The van der Waals surface area contributed by atoms with E-state index >= 15 is 0 Å². The van der Waals surface area contributed by atoms with Gasteiger partial charge in [0.1, 0.15) is 11.3 Å². The molecule has 0 saturated heterocycles. The third-order valence-electron chi connectivity index (χ3n) is 5.26. The standard InChI is InChI=1S/C25H23N3O3/c1-16-8-11-21(27-24(29)18-6-4-3-5-7-18)13-19(16)10-9-17-12-20-14-22(25(30)31-2)28-23(20)26-15-17/h3-8,11-15H,9-10H2,1-2H3,(H,26,28)(H,27,29). The summed E-state index contributed by atoms with van der Waals surface area (Å²) in [7, 11) is 1.35. The van der Waals surface area contributed by atoms with Crippen LogP contribution in [0.25, 0.3) is 11.0 Å². The van der Waals surface area contributed by atoms with Crippen LogP contribution < -0.4 is 5.32 Å². The van der Waals surface area contributed by atoms with Crippen LogP contribution in [0.2, 0.25) is 0 Å². The number of hydrogen-bond donors (Lipinski definition) is 2. The molecule has 6 nitrogen and oxygen atoms in total. The molecule has 2 N–H and O–H groups in total. The van der Waals surface area contributed by atoms with E-state index in [0.717, 1.165) is 35.0 Å². The zero-order chi connectivity index (χ0) is 21.8. The van der Waals surface area contributed by atoms with Gasteiger partial charge in [-0.05, 0) is 72.9 Å². The van der Waals surface area contributed by atoms with Crippen LogP contribution in [0.1, 0.15) is 37.5 Å². The van der Waals surface area contributed by atoms with Crippen molar-refractivity contribution in [1.29, 1.82) is 0 Å². The molecule has 6 heteroatoms. The minimum absolute atomic E-state index is 0.126. The lowest BCUT2D eigenvalue weighted by molar-refractivity contribution is 0.0595. The molecule has 31 heavy (non-hydrogen) atoms. The van der Waals surface area contributed by atoms with Gasteiger partial charge >= 0.3 is 5.97 Å². The molecule has 2 aromatic carbocycles. The summed E-state index contributed by atoms with van der Waals surface area (Å²) in [6.45, 7) is 2.06. The third kappa shape index (κ3) is 4.64. The van der Waals surface area contributed by atoms with E-state index in [1.54, 1.807) is 18.2 Å². The highest BCUT2D eigenvalue weighted by Crippen LogP contribution is 2.20. The molecular formula is C25H23N3O3. The number of hydrogen-bond acceptors (Lipinski definition) is 4. The topological polar surface area (TPSA) is 84.1 Å². The van der Waals surface area contributed by atoms with Gasteiger partial charge in [-0.1, -0.05) is 24.3 Å². The summed E-state index contributed by atoms with van der Waals surface area (Å²) >= 11 is 0. The van der Waals surface area contributed by atoms with Crippen molar-refractivity contribution < 1.29 is 14.3 Å². The number of rotatable bonds is 6. The van der Waals surface area contributed by atoms with Crippen LogP contribution in [0.4, 0.5) is 5.69 Å².